The maximum Gasteiger partial charge on any atom is 0.410 e. The predicted molar refractivity (Wildman–Crippen MR) is 64.2 cm³/mol. The van der Waals surface area contributed by atoms with Gasteiger partial charge in [0.2, 0.25) is 0 Å². The third-order valence-electron chi connectivity index (χ3n) is 2.52. The average Bonchev–Trinajstić information content (AvgIpc) is 2.36. The largest absolute Gasteiger partial charge is 0.441 e. The monoisotopic (exact) mass is 239 g/mol. The molecule has 3 nitrogen and oxygen atoms in total. The number of ether oxygens (including phenoxy) is 1. The van der Waals surface area contributed by atoms with Crippen LogP contribution in [0.5, 0.6) is 0 Å². The van der Waals surface area contributed by atoms with Crippen molar-refractivity contribution in [1.82, 2.24) is 4.90 Å². The van der Waals surface area contributed by atoms with Crippen molar-refractivity contribution in [1.29, 1.82) is 0 Å². The van der Waals surface area contributed by atoms with Crippen LogP contribution in [0.1, 0.15) is 31.9 Å². The van der Waals surface area contributed by atoms with Gasteiger partial charge in [0.25, 0.3) is 0 Å². The molecule has 1 aliphatic rings. The Labute approximate surface area is 101 Å². The first-order chi connectivity index (χ1) is 8.16. The molecule has 1 atom stereocenters. The van der Waals surface area contributed by atoms with E-state index >= 15 is 0 Å². The van der Waals surface area contributed by atoms with Crippen molar-refractivity contribution < 1.29 is 13.9 Å². The average molecular weight is 239 g/mol. The predicted octanol–water partition coefficient (Wildman–Crippen LogP) is 3.37. The second-order valence-corrected chi connectivity index (χ2v) is 3.63. The summed E-state index contributed by atoms with van der Waals surface area (Å²) in [6.45, 7) is 4.67. The molecule has 4 heteroatoms. The van der Waals surface area contributed by atoms with E-state index in [4.69, 9.17) is 4.74 Å². The molecular formula is C13H18FNO2. The zero-order valence-corrected chi connectivity index (χ0v) is 10.4. The van der Waals surface area contributed by atoms with E-state index in [1.165, 1.54) is 17.0 Å². The smallest absolute Gasteiger partial charge is 0.410 e. The van der Waals surface area contributed by atoms with Crippen molar-refractivity contribution in [2.24, 2.45) is 0 Å². The van der Waals surface area contributed by atoms with Gasteiger partial charge in [-0.2, -0.15) is 0 Å². The van der Waals surface area contributed by atoms with Crippen LogP contribution in [0.4, 0.5) is 9.18 Å². The second-order valence-electron chi connectivity index (χ2n) is 3.63. The van der Waals surface area contributed by atoms with Crippen molar-refractivity contribution in [2.45, 2.75) is 26.4 Å². The van der Waals surface area contributed by atoms with Crippen LogP contribution in [-0.2, 0) is 4.74 Å². The minimum atomic E-state index is -0.324. The molecule has 1 aromatic carbocycles. The molecule has 0 aromatic heterocycles. The molecule has 94 valence electrons. The van der Waals surface area contributed by atoms with E-state index in [1.807, 2.05) is 13.8 Å². The Morgan fingerprint density at radius 2 is 1.88 bits per heavy atom. The normalized spacial score (nSPS) is 19.2. The molecule has 1 fully saturated rings. The highest BCUT2D eigenvalue weighted by Gasteiger charge is 2.25. The molecule has 1 aliphatic heterocycles. The summed E-state index contributed by atoms with van der Waals surface area (Å²) in [7, 11) is 1.70. The van der Waals surface area contributed by atoms with Crippen LogP contribution in [0.15, 0.2) is 24.3 Å². The van der Waals surface area contributed by atoms with Crippen LogP contribution in [0.25, 0.3) is 0 Å². The van der Waals surface area contributed by atoms with E-state index in [0.717, 1.165) is 12.0 Å². The van der Waals surface area contributed by atoms with Crippen molar-refractivity contribution in [3.05, 3.63) is 35.6 Å². The van der Waals surface area contributed by atoms with Gasteiger partial charge in [-0.05, 0) is 17.7 Å². The van der Waals surface area contributed by atoms with Gasteiger partial charge in [0.1, 0.15) is 11.9 Å². The van der Waals surface area contributed by atoms with Crippen molar-refractivity contribution in [2.75, 3.05) is 13.6 Å². The van der Waals surface area contributed by atoms with Crippen LogP contribution >= 0.6 is 0 Å². The number of carbonyl (C=O) groups excluding carboxylic acids is 1. The fourth-order valence-electron chi connectivity index (χ4n) is 1.58. The number of benzene rings is 1. The lowest BCUT2D eigenvalue weighted by Gasteiger charge is -2.29. The highest BCUT2D eigenvalue weighted by Crippen LogP contribution is 2.25. The molecule has 1 aromatic rings. The number of rotatable bonds is 1. The van der Waals surface area contributed by atoms with Crippen molar-refractivity contribution in [3.8, 4) is 0 Å². The zero-order chi connectivity index (χ0) is 12.8. The summed E-state index contributed by atoms with van der Waals surface area (Å²) < 4.78 is 17.9. The van der Waals surface area contributed by atoms with Crippen LogP contribution in [0.3, 0.4) is 0 Å². The summed E-state index contributed by atoms with van der Waals surface area (Å²) >= 11 is 0. The first-order valence-corrected chi connectivity index (χ1v) is 5.84. The topological polar surface area (TPSA) is 29.5 Å². The minimum absolute atomic E-state index is 0.241. The molecule has 2 rings (SSSR count). The summed E-state index contributed by atoms with van der Waals surface area (Å²) in [5.74, 6) is -0.280. The molecule has 0 saturated carbocycles. The van der Waals surface area contributed by atoms with E-state index in [-0.39, 0.29) is 18.0 Å². The van der Waals surface area contributed by atoms with E-state index in [1.54, 1.807) is 19.2 Å². The Bertz CT molecular complexity index is 364. The number of hydrogen-bond acceptors (Lipinski definition) is 2. The van der Waals surface area contributed by atoms with Gasteiger partial charge < -0.3 is 9.64 Å². The van der Waals surface area contributed by atoms with Crippen molar-refractivity contribution >= 4 is 6.09 Å². The Morgan fingerprint density at radius 3 is 2.41 bits per heavy atom. The quantitative estimate of drug-likeness (QED) is 0.752. The maximum atomic E-state index is 12.7. The summed E-state index contributed by atoms with van der Waals surface area (Å²) in [5, 5.41) is 0. The molecule has 17 heavy (non-hydrogen) atoms. The fraction of sp³-hybridized carbons (Fsp3) is 0.462. The van der Waals surface area contributed by atoms with Gasteiger partial charge in [-0.15, -0.1) is 0 Å². The van der Waals surface area contributed by atoms with Gasteiger partial charge in [0.15, 0.2) is 0 Å². The minimum Gasteiger partial charge on any atom is -0.441 e. The summed E-state index contributed by atoms with van der Waals surface area (Å²) in [6.07, 6.45) is 0.179. The summed E-state index contributed by atoms with van der Waals surface area (Å²) in [6, 6.07) is 6.06. The molecule has 0 bridgehead atoms. The van der Waals surface area contributed by atoms with Gasteiger partial charge in [0.05, 0.1) is 0 Å². The Balaban J connectivity index is 0.000000686. The lowest BCUT2D eigenvalue weighted by molar-refractivity contribution is 0.0324. The maximum absolute atomic E-state index is 12.7. The lowest BCUT2D eigenvalue weighted by Crippen LogP contribution is -2.35. The molecule has 0 aliphatic carbocycles. The molecule has 0 spiro atoms. The standard InChI is InChI=1S/C11H12FNO2.C2H6/c1-13-7-6-10(15-11(13)14)8-2-4-9(12)5-3-8;1-2/h2-5,10H,6-7H2,1H3;1-2H3. The molecule has 1 heterocycles. The van der Waals surface area contributed by atoms with Crippen molar-refractivity contribution in [3.63, 3.8) is 0 Å². The number of carbonyl (C=O) groups is 1. The molecule has 1 unspecified atom stereocenters. The molecule has 1 saturated heterocycles. The SMILES string of the molecule is CC.CN1CCC(c2ccc(F)cc2)OC1=O. The van der Waals surface area contributed by atoms with Gasteiger partial charge >= 0.3 is 6.09 Å². The summed E-state index contributed by atoms with van der Waals surface area (Å²) in [5.41, 5.74) is 0.845. The third kappa shape index (κ3) is 3.44. The Kier molecular flexibility index (Phi) is 4.94. The van der Waals surface area contributed by atoms with Crippen LogP contribution in [0.2, 0.25) is 0 Å². The lowest BCUT2D eigenvalue weighted by atomic mass is 10.1. The van der Waals surface area contributed by atoms with Crippen LogP contribution < -0.4 is 0 Å². The third-order valence-corrected chi connectivity index (χ3v) is 2.52. The van der Waals surface area contributed by atoms with E-state index < -0.39 is 0 Å². The number of halogens is 1. The number of cyclic esters (lactones) is 1. The molecule has 1 amide bonds. The Hall–Kier alpha value is -1.58. The van der Waals surface area contributed by atoms with Gasteiger partial charge in [0, 0.05) is 20.0 Å². The first kappa shape index (κ1) is 13.5. The molecule has 0 radical (unpaired) electrons. The van der Waals surface area contributed by atoms with Crippen LogP contribution in [-0.4, -0.2) is 24.6 Å². The number of hydrogen-bond donors (Lipinski definition) is 0. The van der Waals surface area contributed by atoms with Crippen LogP contribution in [0, 0.1) is 5.82 Å². The molecular weight excluding hydrogens is 221 g/mol. The highest BCUT2D eigenvalue weighted by molar-refractivity contribution is 5.68. The number of nitrogens with zero attached hydrogens (tertiary/aromatic N) is 1. The zero-order valence-electron chi connectivity index (χ0n) is 10.4. The summed E-state index contributed by atoms with van der Waals surface area (Å²) in [4.78, 5) is 12.8. The first-order valence-electron chi connectivity index (χ1n) is 5.84. The highest BCUT2D eigenvalue weighted by atomic mass is 19.1. The van der Waals surface area contributed by atoms with E-state index in [2.05, 4.69) is 0 Å². The second kappa shape index (κ2) is 6.23. The number of amides is 1. The van der Waals surface area contributed by atoms with Gasteiger partial charge in [-0.3, -0.25) is 0 Å². The van der Waals surface area contributed by atoms with Gasteiger partial charge in [-0.1, -0.05) is 26.0 Å². The molecule has 0 N–H and O–H groups in total. The van der Waals surface area contributed by atoms with E-state index in [9.17, 15) is 9.18 Å². The van der Waals surface area contributed by atoms with Gasteiger partial charge in [-0.25, -0.2) is 9.18 Å². The Morgan fingerprint density at radius 1 is 1.29 bits per heavy atom. The fourth-order valence-corrected chi connectivity index (χ4v) is 1.58. The van der Waals surface area contributed by atoms with E-state index in [0.29, 0.717) is 6.54 Å².